The summed E-state index contributed by atoms with van der Waals surface area (Å²) in [6, 6.07) is 2.43. The lowest BCUT2D eigenvalue weighted by atomic mass is 9.99. The third-order valence-electron chi connectivity index (χ3n) is 1.94. The highest BCUT2D eigenvalue weighted by atomic mass is 16.5. The zero-order valence-electron chi connectivity index (χ0n) is 9.22. The Morgan fingerprint density at radius 2 is 2.00 bits per heavy atom. The highest BCUT2D eigenvalue weighted by Gasteiger charge is 2.22. The summed E-state index contributed by atoms with van der Waals surface area (Å²) in [6.45, 7) is 8.03. The van der Waals surface area contributed by atoms with Gasteiger partial charge >= 0.3 is 0 Å². The molecule has 0 heterocycles. The summed E-state index contributed by atoms with van der Waals surface area (Å²) >= 11 is 0. The van der Waals surface area contributed by atoms with Gasteiger partial charge in [0.15, 0.2) is 0 Å². The molecule has 0 aromatic rings. The summed E-state index contributed by atoms with van der Waals surface area (Å²) in [4.78, 5) is 0. The van der Waals surface area contributed by atoms with Gasteiger partial charge < -0.3 is 4.74 Å². The predicted octanol–water partition coefficient (Wildman–Crippen LogP) is 1.69. The van der Waals surface area contributed by atoms with Gasteiger partial charge in [-0.3, -0.25) is 5.32 Å². The van der Waals surface area contributed by atoms with Gasteiger partial charge in [0.2, 0.25) is 0 Å². The fraction of sp³-hybridized carbons (Fsp3) is 0.900. The SMILES string of the molecule is COC(C)(C)CC(C#N)NC(C)C. The molecule has 0 aliphatic rings. The Balaban J connectivity index is 4.07. The van der Waals surface area contributed by atoms with Crippen LogP contribution in [0.15, 0.2) is 0 Å². The molecule has 0 bridgehead atoms. The average molecular weight is 184 g/mol. The Bertz CT molecular complexity index is 182. The first-order chi connectivity index (χ1) is 5.91. The third-order valence-corrected chi connectivity index (χ3v) is 1.94. The molecule has 3 nitrogen and oxygen atoms in total. The first-order valence-corrected chi connectivity index (χ1v) is 4.62. The van der Waals surface area contributed by atoms with Crippen molar-refractivity contribution in [2.45, 2.75) is 51.8 Å². The predicted molar refractivity (Wildman–Crippen MR) is 53.4 cm³/mol. The van der Waals surface area contributed by atoms with Crippen molar-refractivity contribution >= 4 is 0 Å². The van der Waals surface area contributed by atoms with Crippen molar-refractivity contribution in [3.8, 4) is 6.07 Å². The van der Waals surface area contributed by atoms with E-state index in [0.717, 1.165) is 0 Å². The molecule has 3 heteroatoms. The molecule has 0 aromatic heterocycles. The quantitative estimate of drug-likeness (QED) is 0.707. The van der Waals surface area contributed by atoms with Crippen molar-refractivity contribution in [2.75, 3.05) is 7.11 Å². The summed E-state index contributed by atoms with van der Waals surface area (Å²) < 4.78 is 5.26. The van der Waals surface area contributed by atoms with Gasteiger partial charge in [-0.15, -0.1) is 0 Å². The van der Waals surface area contributed by atoms with Gasteiger partial charge in [-0.1, -0.05) is 0 Å². The minimum Gasteiger partial charge on any atom is -0.379 e. The maximum Gasteiger partial charge on any atom is 0.0982 e. The van der Waals surface area contributed by atoms with Crippen LogP contribution in [0.25, 0.3) is 0 Å². The van der Waals surface area contributed by atoms with Crippen LogP contribution in [-0.2, 0) is 4.74 Å². The lowest BCUT2D eigenvalue weighted by Crippen LogP contribution is -2.39. The fourth-order valence-corrected chi connectivity index (χ4v) is 1.12. The summed E-state index contributed by atoms with van der Waals surface area (Å²) in [5.41, 5.74) is -0.234. The van der Waals surface area contributed by atoms with Crippen LogP contribution in [0.5, 0.6) is 0 Å². The highest BCUT2D eigenvalue weighted by Crippen LogP contribution is 2.15. The molecule has 0 aliphatic heterocycles. The summed E-state index contributed by atoms with van der Waals surface area (Å²) in [7, 11) is 1.67. The fourth-order valence-electron chi connectivity index (χ4n) is 1.12. The molecule has 0 saturated carbocycles. The molecule has 0 amide bonds. The Kier molecular flexibility index (Phi) is 4.97. The van der Waals surface area contributed by atoms with E-state index in [1.807, 2.05) is 27.7 Å². The van der Waals surface area contributed by atoms with Crippen molar-refractivity contribution in [2.24, 2.45) is 0 Å². The molecule has 0 aromatic carbocycles. The Hall–Kier alpha value is -0.590. The van der Waals surface area contributed by atoms with Gasteiger partial charge in [0.25, 0.3) is 0 Å². The lowest BCUT2D eigenvalue weighted by molar-refractivity contribution is 0.0107. The van der Waals surface area contributed by atoms with E-state index in [2.05, 4.69) is 11.4 Å². The van der Waals surface area contributed by atoms with Crippen LogP contribution >= 0.6 is 0 Å². The van der Waals surface area contributed by atoms with Crippen LogP contribution in [0.4, 0.5) is 0 Å². The molecule has 0 aliphatic carbocycles. The molecule has 0 fully saturated rings. The molecule has 0 spiro atoms. The monoisotopic (exact) mass is 184 g/mol. The molecule has 0 saturated heterocycles. The molecule has 13 heavy (non-hydrogen) atoms. The van der Waals surface area contributed by atoms with Crippen LogP contribution in [0, 0.1) is 11.3 Å². The van der Waals surface area contributed by atoms with E-state index in [4.69, 9.17) is 10.00 Å². The van der Waals surface area contributed by atoms with Crippen molar-refractivity contribution in [1.29, 1.82) is 5.26 Å². The van der Waals surface area contributed by atoms with Gasteiger partial charge in [0.1, 0.15) is 0 Å². The number of methoxy groups -OCH3 is 1. The first-order valence-electron chi connectivity index (χ1n) is 4.62. The number of nitriles is 1. The molecule has 1 atom stereocenters. The maximum atomic E-state index is 8.87. The zero-order valence-corrected chi connectivity index (χ0v) is 9.22. The summed E-state index contributed by atoms with van der Waals surface area (Å²) in [5, 5.41) is 12.0. The molecular weight excluding hydrogens is 164 g/mol. The smallest absolute Gasteiger partial charge is 0.0982 e. The summed E-state index contributed by atoms with van der Waals surface area (Å²) in [5.74, 6) is 0. The van der Waals surface area contributed by atoms with E-state index in [0.29, 0.717) is 12.5 Å². The van der Waals surface area contributed by atoms with E-state index in [9.17, 15) is 0 Å². The van der Waals surface area contributed by atoms with Crippen LogP contribution in [0.3, 0.4) is 0 Å². The number of rotatable bonds is 5. The third kappa shape index (κ3) is 5.62. The number of nitrogens with zero attached hydrogens (tertiary/aromatic N) is 1. The normalized spacial score (nSPS) is 14.2. The molecule has 76 valence electrons. The van der Waals surface area contributed by atoms with E-state index < -0.39 is 0 Å². The Morgan fingerprint density at radius 1 is 1.46 bits per heavy atom. The number of hydrogen-bond donors (Lipinski definition) is 1. The van der Waals surface area contributed by atoms with Crippen molar-refractivity contribution in [1.82, 2.24) is 5.32 Å². The zero-order chi connectivity index (χ0) is 10.5. The number of ether oxygens (including phenoxy) is 1. The minimum absolute atomic E-state index is 0.130. The largest absolute Gasteiger partial charge is 0.379 e. The number of nitrogens with one attached hydrogen (secondary N) is 1. The van der Waals surface area contributed by atoms with Gasteiger partial charge in [0, 0.05) is 19.6 Å². The van der Waals surface area contributed by atoms with Crippen molar-refractivity contribution in [3.63, 3.8) is 0 Å². The van der Waals surface area contributed by atoms with Gasteiger partial charge in [-0.05, 0) is 27.7 Å². The highest BCUT2D eigenvalue weighted by molar-refractivity contribution is 4.94. The first kappa shape index (κ1) is 12.4. The van der Waals surface area contributed by atoms with E-state index in [-0.39, 0.29) is 11.6 Å². The van der Waals surface area contributed by atoms with Gasteiger partial charge in [-0.2, -0.15) is 5.26 Å². The Morgan fingerprint density at radius 3 is 2.31 bits per heavy atom. The summed E-state index contributed by atoms with van der Waals surface area (Å²) in [6.07, 6.45) is 0.707. The molecule has 1 N–H and O–H groups in total. The van der Waals surface area contributed by atoms with Gasteiger partial charge in [-0.25, -0.2) is 0 Å². The Labute approximate surface area is 81.1 Å². The minimum atomic E-state index is -0.234. The lowest BCUT2D eigenvalue weighted by Gasteiger charge is -2.26. The standard InChI is InChI=1S/C10H20N2O/c1-8(2)12-9(7-11)6-10(3,4)13-5/h8-9,12H,6H2,1-5H3. The molecular formula is C10H20N2O. The van der Waals surface area contributed by atoms with E-state index in [1.54, 1.807) is 7.11 Å². The van der Waals surface area contributed by atoms with Gasteiger partial charge in [0.05, 0.1) is 17.7 Å². The van der Waals surface area contributed by atoms with Crippen molar-refractivity contribution < 1.29 is 4.74 Å². The van der Waals surface area contributed by atoms with Crippen LogP contribution in [-0.4, -0.2) is 24.8 Å². The average Bonchev–Trinajstić information content (AvgIpc) is 2.02. The topological polar surface area (TPSA) is 45.0 Å². The molecule has 1 unspecified atom stereocenters. The number of hydrogen-bond acceptors (Lipinski definition) is 3. The van der Waals surface area contributed by atoms with E-state index >= 15 is 0 Å². The van der Waals surface area contributed by atoms with Crippen LogP contribution in [0.1, 0.15) is 34.1 Å². The van der Waals surface area contributed by atoms with E-state index in [1.165, 1.54) is 0 Å². The van der Waals surface area contributed by atoms with Crippen LogP contribution < -0.4 is 5.32 Å². The van der Waals surface area contributed by atoms with Crippen molar-refractivity contribution in [3.05, 3.63) is 0 Å². The van der Waals surface area contributed by atoms with Crippen LogP contribution in [0.2, 0.25) is 0 Å². The molecule has 0 rings (SSSR count). The second kappa shape index (κ2) is 5.21. The molecule has 0 radical (unpaired) electrons. The maximum absolute atomic E-state index is 8.87. The second-order valence-electron chi connectivity index (χ2n) is 4.17. The second-order valence-corrected chi connectivity index (χ2v) is 4.17.